The molecule has 144 valence electrons. The van der Waals surface area contributed by atoms with E-state index in [4.69, 9.17) is 0 Å². The molecule has 2 heterocycles. The minimum Gasteiger partial charge on any atom is -0.352 e. The Morgan fingerprint density at radius 2 is 2.07 bits per heavy atom. The van der Waals surface area contributed by atoms with Crippen molar-refractivity contribution in [3.8, 4) is 0 Å². The molecule has 1 saturated heterocycles. The van der Waals surface area contributed by atoms with Crippen LogP contribution in [0.3, 0.4) is 0 Å². The minimum absolute atomic E-state index is 0.468. The molecular weight excluding hydrogens is 336 g/mol. The Hall–Kier alpha value is -2.34. The van der Waals surface area contributed by atoms with Gasteiger partial charge >= 0.3 is 0 Å². The topological polar surface area (TPSA) is 57.5 Å². The van der Waals surface area contributed by atoms with Gasteiger partial charge in [0.25, 0.3) is 0 Å². The summed E-state index contributed by atoms with van der Waals surface area (Å²) in [6.07, 6.45) is 7.82. The number of imidazole rings is 1. The van der Waals surface area contributed by atoms with Crippen LogP contribution in [0.1, 0.15) is 37.6 Å². The van der Waals surface area contributed by atoms with Crippen LogP contribution in [-0.4, -0.2) is 52.1 Å². The van der Waals surface area contributed by atoms with Crippen molar-refractivity contribution in [1.82, 2.24) is 25.1 Å². The average molecular weight is 367 g/mol. The standard InChI is InChI=1S/C21H30N6/c1-16-12-18(15-27(16)19-8-9-19)25-21(22-2)24-13-20-23-10-11-26(20)14-17-6-4-3-5-7-17/h3-7,10-11,16,18-19H,8-9,12-15H2,1-2H3,(H2,22,24,25). The Kier molecular flexibility index (Phi) is 5.43. The third-order valence-electron chi connectivity index (χ3n) is 5.61. The lowest BCUT2D eigenvalue weighted by atomic mass is 10.2. The lowest BCUT2D eigenvalue weighted by molar-refractivity contribution is 0.256. The van der Waals surface area contributed by atoms with Crippen LogP contribution in [-0.2, 0) is 13.1 Å². The van der Waals surface area contributed by atoms with Gasteiger partial charge in [0.1, 0.15) is 5.82 Å². The summed E-state index contributed by atoms with van der Waals surface area (Å²) < 4.78 is 2.18. The molecule has 0 bridgehead atoms. The van der Waals surface area contributed by atoms with Crippen LogP contribution in [0.4, 0.5) is 0 Å². The fraction of sp³-hybridized carbons (Fsp3) is 0.524. The summed E-state index contributed by atoms with van der Waals surface area (Å²) >= 11 is 0. The number of guanidine groups is 1. The number of nitrogens with zero attached hydrogens (tertiary/aromatic N) is 4. The fourth-order valence-corrected chi connectivity index (χ4v) is 4.06. The van der Waals surface area contributed by atoms with E-state index in [-0.39, 0.29) is 0 Å². The maximum absolute atomic E-state index is 4.52. The monoisotopic (exact) mass is 366 g/mol. The van der Waals surface area contributed by atoms with Gasteiger partial charge in [0.05, 0.1) is 6.54 Å². The lowest BCUT2D eigenvalue weighted by Crippen LogP contribution is -2.44. The highest BCUT2D eigenvalue weighted by Crippen LogP contribution is 2.33. The SMILES string of the molecule is CN=C(NCc1nccn1Cc1ccccc1)NC1CC(C)N(C2CC2)C1. The average Bonchev–Trinajstić information content (AvgIpc) is 3.33. The first-order valence-electron chi connectivity index (χ1n) is 10.00. The highest BCUT2D eigenvalue weighted by atomic mass is 15.3. The van der Waals surface area contributed by atoms with Crippen molar-refractivity contribution in [2.45, 2.75) is 57.4 Å². The van der Waals surface area contributed by atoms with Crippen molar-refractivity contribution in [3.05, 3.63) is 54.1 Å². The van der Waals surface area contributed by atoms with Crippen LogP contribution in [0.15, 0.2) is 47.7 Å². The Morgan fingerprint density at radius 3 is 2.81 bits per heavy atom. The molecule has 2 atom stereocenters. The number of rotatable bonds is 6. The second kappa shape index (κ2) is 8.13. The van der Waals surface area contributed by atoms with Crippen molar-refractivity contribution in [2.24, 2.45) is 4.99 Å². The van der Waals surface area contributed by atoms with Crippen LogP contribution in [0.2, 0.25) is 0 Å². The quantitative estimate of drug-likeness (QED) is 0.608. The summed E-state index contributed by atoms with van der Waals surface area (Å²) in [5, 5.41) is 7.04. The van der Waals surface area contributed by atoms with E-state index in [0.29, 0.717) is 18.6 Å². The van der Waals surface area contributed by atoms with Crippen LogP contribution < -0.4 is 10.6 Å². The van der Waals surface area contributed by atoms with Gasteiger partial charge in [-0.15, -0.1) is 0 Å². The molecular formula is C21H30N6. The Labute approximate surface area is 161 Å². The van der Waals surface area contributed by atoms with Crippen LogP contribution >= 0.6 is 0 Å². The van der Waals surface area contributed by atoms with E-state index in [1.54, 1.807) is 0 Å². The Balaban J connectivity index is 1.31. The van der Waals surface area contributed by atoms with Gasteiger partial charge in [-0.2, -0.15) is 0 Å². The molecule has 1 aliphatic heterocycles. The van der Waals surface area contributed by atoms with Crippen LogP contribution in [0.25, 0.3) is 0 Å². The van der Waals surface area contributed by atoms with Crippen molar-refractivity contribution in [1.29, 1.82) is 0 Å². The van der Waals surface area contributed by atoms with Crippen LogP contribution in [0, 0.1) is 0 Å². The molecule has 1 saturated carbocycles. The third-order valence-corrected chi connectivity index (χ3v) is 5.61. The van der Waals surface area contributed by atoms with Gasteiger partial charge in [0.2, 0.25) is 0 Å². The van der Waals surface area contributed by atoms with E-state index in [2.05, 4.69) is 61.3 Å². The zero-order chi connectivity index (χ0) is 18.6. The van der Waals surface area contributed by atoms with E-state index in [0.717, 1.165) is 30.9 Å². The summed E-state index contributed by atoms with van der Waals surface area (Å²) in [6, 6.07) is 12.4. The summed E-state index contributed by atoms with van der Waals surface area (Å²) in [5.74, 6) is 1.88. The van der Waals surface area contributed by atoms with E-state index in [9.17, 15) is 0 Å². The second-order valence-electron chi connectivity index (χ2n) is 7.74. The van der Waals surface area contributed by atoms with E-state index in [1.165, 1.54) is 24.8 Å². The third kappa shape index (κ3) is 4.50. The molecule has 0 amide bonds. The Bertz CT molecular complexity index is 764. The largest absolute Gasteiger partial charge is 0.352 e. The highest BCUT2D eigenvalue weighted by molar-refractivity contribution is 5.79. The predicted molar refractivity (Wildman–Crippen MR) is 109 cm³/mol. The summed E-state index contributed by atoms with van der Waals surface area (Å²) in [4.78, 5) is 11.6. The second-order valence-corrected chi connectivity index (χ2v) is 7.74. The minimum atomic E-state index is 0.468. The van der Waals surface area contributed by atoms with Gasteiger partial charge in [-0.05, 0) is 31.7 Å². The van der Waals surface area contributed by atoms with Crippen molar-refractivity contribution >= 4 is 5.96 Å². The van der Waals surface area contributed by atoms with E-state index >= 15 is 0 Å². The molecule has 6 nitrogen and oxygen atoms in total. The summed E-state index contributed by atoms with van der Waals surface area (Å²) in [7, 11) is 1.84. The van der Waals surface area contributed by atoms with Gasteiger partial charge in [-0.25, -0.2) is 4.98 Å². The summed E-state index contributed by atoms with van der Waals surface area (Å²) in [5.41, 5.74) is 1.28. The van der Waals surface area contributed by atoms with Gasteiger partial charge in [0, 0.05) is 50.7 Å². The molecule has 1 aromatic heterocycles. The molecule has 2 aliphatic rings. The van der Waals surface area contributed by atoms with Gasteiger partial charge < -0.3 is 15.2 Å². The van der Waals surface area contributed by atoms with E-state index in [1.807, 2.05) is 25.5 Å². The molecule has 6 heteroatoms. The number of nitrogens with one attached hydrogen (secondary N) is 2. The van der Waals surface area contributed by atoms with Gasteiger partial charge in [-0.1, -0.05) is 30.3 Å². The molecule has 4 rings (SSSR count). The molecule has 2 unspecified atom stereocenters. The number of likely N-dealkylation sites (tertiary alicyclic amines) is 1. The molecule has 2 N–H and O–H groups in total. The molecule has 2 aromatic rings. The number of hydrogen-bond acceptors (Lipinski definition) is 3. The molecule has 2 fully saturated rings. The lowest BCUT2D eigenvalue weighted by Gasteiger charge is -2.20. The first kappa shape index (κ1) is 18.0. The first-order chi connectivity index (χ1) is 13.2. The van der Waals surface area contributed by atoms with Crippen molar-refractivity contribution in [3.63, 3.8) is 0 Å². The number of benzene rings is 1. The van der Waals surface area contributed by atoms with Crippen molar-refractivity contribution in [2.75, 3.05) is 13.6 Å². The van der Waals surface area contributed by atoms with Crippen LogP contribution in [0.5, 0.6) is 0 Å². The van der Waals surface area contributed by atoms with Gasteiger partial charge in [0.15, 0.2) is 5.96 Å². The van der Waals surface area contributed by atoms with Gasteiger partial charge in [-0.3, -0.25) is 9.89 Å². The molecule has 27 heavy (non-hydrogen) atoms. The first-order valence-corrected chi connectivity index (χ1v) is 10.00. The molecule has 0 spiro atoms. The summed E-state index contributed by atoms with van der Waals surface area (Å²) in [6.45, 7) is 4.96. The zero-order valence-corrected chi connectivity index (χ0v) is 16.3. The normalized spacial score (nSPS) is 23.6. The number of hydrogen-bond donors (Lipinski definition) is 2. The Morgan fingerprint density at radius 1 is 1.26 bits per heavy atom. The smallest absolute Gasteiger partial charge is 0.191 e. The maximum Gasteiger partial charge on any atom is 0.191 e. The number of aliphatic imine (C=N–C) groups is 1. The predicted octanol–water partition coefficient (Wildman–Crippen LogP) is 2.22. The maximum atomic E-state index is 4.52. The molecule has 1 aromatic carbocycles. The van der Waals surface area contributed by atoms with E-state index < -0.39 is 0 Å². The zero-order valence-electron chi connectivity index (χ0n) is 16.3. The molecule has 0 radical (unpaired) electrons. The van der Waals surface area contributed by atoms with Crippen molar-refractivity contribution < 1.29 is 0 Å². The molecule has 1 aliphatic carbocycles. The highest BCUT2D eigenvalue weighted by Gasteiger charge is 2.38. The fourth-order valence-electron chi connectivity index (χ4n) is 4.06. The number of aromatic nitrogens is 2.